The van der Waals surface area contributed by atoms with Gasteiger partial charge in [0.1, 0.15) is 11.4 Å². The van der Waals surface area contributed by atoms with Crippen molar-refractivity contribution in [3.63, 3.8) is 0 Å². The van der Waals surface area contributed by atoms with Crippen LogP contribution in [0.25, 0.3) is 22.4 Å². The fraction of sp³-hybridized carbons (Fsp3) is 0.0455. The van der Waals surface area contributed by atoms with Gasteiger partial charge in [-0.25, -0.2) is 13.6 Å². The van der Waals surface area contributed by atoms with Crippen molar-refractivity contribution < 1.29 is 13.2 Å². The third kappa shape index (κ3) is 4.23. The minimum absolute atomic E-state index is 0.0131. The van der Waals surface area contributed by atoms with Crippen LogP contribution in [0.1, 0.15) is 10.5 Å². The Bertz CT molecular complexity index is 1330. The third-order valence-electron chi connectivity index (χ3n) is 4.72. The van der Waals surface area contributed by atoms with Crippen LogP contribution in [-0.2, 0) is 17.1 Å². The number of primary sulfonamides is 1. The second kappa shape index (κ2) is 8.13. The van der Waals surface area contributed by atoms with Crippen LogP contribution in [0.4, 0.5) is 5.69 Å². The molecule has 1 amide bonds. The molecule has 156 valence electrons. The first-order chi connectivity index (χ1) is 14.8. The number of hydrogen-bond donors (Lipinski definition) is 2. The molecule has 0 unspecified atom stereocenters. The highest BCUT2D eigenvalue weighted by Crippen LogP contribution is 2.35. The minimum Gasteiger partial charge on any atom is -0.321 e. The number of nitrogens with zero attached hydrogens (tertiary/aromatic N) is 3. The summed E-state index contributed by atoms with van der Waals surface area (Å²) in [6.45, 7) is 0. The number of para-hydroxylation sites is 1. The third-order valence-corrected chi connectivity index (χ3v) is 5.65. The zero-order valence-electron chi connectivity index (χ0n) is 16.6. The van der Waals surface area contributed by atoms with Crippen molar-refractivity contribution in [3.05, 3.63) is 84.8 Å². The van der Waals surface area contributed by atoms with E-state index in [9.17, 15) is 13.2 Å². The monoisotopic (exact) mass is 433 g/mol. The van der Waals surface area contributed by atoms with Crippen LogP contribution >= 0.6 is 0 Å². The van der Waals surface area contributed by atoms with Crippen LogP contribution in [0.5, 0.6) is 0 Å². The number of nitrogens with one attached hydrogen (secondary N) is 1. The zero-order chi connectivity index (χ0) is 22.0. The van der Waals surface area contributed by atoms with Crippen LogP contribution in [0.2, 0.25) is 0 Å². The standard InChI is InChI=1S/C22H19N5O3S/c1-27-21(22(28)25-17-5-3-2-4-6-17)19(20(26-27)16-11-13-24-14-12-16)15-7-9-18(10-8-15)31(23,29)30/h2-14H,1H3,(H,25,28)(H2,23,29,30). The van der Waals surface area contributed by atoms with E-state index in [4.69, 9.17) is 5.14 Å². The number of anilines is 1. The lowest BCUT2D eigenvalue weighted by atomic mass is 9.99. The van der Waals surface area contributed by atoms with E-state index in [1.807, 2.05) is 18.2 Å². The summed E-state index contributed by atoms with van der Waals surface area (Å²) in [4.78, 5) is 17.2. The highest BCUT2D eigenvalue weighted by molar-refractivity contribution is 7.89. The van der Waals surface area contributed by atoms with Gasteiger partial charge >= 0.3 is 0 Å². The van der Waals surface area contributed by atoms with Gasteiger partial charge in [-0.15, -0.1) is 0 Å². The Hall–Kier alpha value is -3.82. The van der Waals surface area contributed by atoms with Crippen molar-refractivity contribution in [2.75, 3.05) is 5.32 Å². The highest BCUT2D eigenvalue weighted by Gasteiger charge is 2.25. The van der Waals surface area contributed by atoms with Gasteiger partial charge in [0, 0.05) is 36.3 Å². The fourth-order valence-electron chi connectivity index (χ4n) is 3.29. The lowest BCUT2D eigenvalue weighted by Gasteiger charge is -2.10. The van der Waals surface area contributed by atoms with E-state index in [0.717, 1.165) is 5.56 Å². The fourth-order valence-corrected chi connectivity index (χ4v) is 3.81. The van der Waals surface area contributed by atoms with E-state index >= 15 is 0 Å². The number of carbonyl (C=O) groups is 1. The average Bonchev–Trinajstić information content (AvgIpc) is 3.12. The molecule has 8 nitrogen and oxygen atoms in total. The van der Waals surface area contributed by atoms with Crippen LogP contribution in [0.15, 0.2) is 84.0 Å². The largest absolute Gasteiger partial charge is 0.321 e. The number of pyridine rings is 1. The van der Waals surface area contributed by atoms with Gasteiger partial charge in [0.15, 0.2) is 0 Å². The summed E-state index contributed by atoms with van der Waals surface area (Å²) in [6.07, 6.45) is 3.28. The predicted molar refractivity (Wildman–Crippen MR) is 118 cm³/mol. The van der Waals surface area contributed by atoms with E-state index < -0.39 is 10.0 Å². The van der Waals surface area contributed by atoms with Crippen LogP contribution in [-0.4, -0.2) is 29.1 Å². The second-order valence-electron chi connectivity index (χ2n) is 6.82. The molecule has 0 aliphatic carbocycles. The van der Waals surface area contributed by atoms with E-state index in [1.165, 1.54) is 16.8 Å². The maximum absolute atomic E-state index is 13.2. The Morgan fingerprint density at radius 2 is 1.58 bits per heavy atom. The van der Waals surface area contributed by atoms with Gasteiger partial charge in [0.05, 0.1) is 4.90 Å². The van der Waals surface area contributed by atoms with E-state index in [0.29, 0.717) is 28.2 Å². The number of sulfonamides is 1. The quantitative estimate of drug-likeness (QED) is 0.501. The summed E-state index contributed by atoms with van der Waals surface area (Å²) in [7, 11) is -2.15. The molecule has 3 N–H and O–H groups in total. The van der Waals surface area contributed by atoms with Crippen molar-refractivity contribution in [1.29, 1.82) is 0 Å². The Balaban J connectivity index is 1.87. The first kappa shape index (κ1) is 20.5. The predicted octanol–water partition coefficient (Wildman–Crippen LogP) is 3.05. The smallest absolute Gasteiger partial charge is 0.274 e. The van der Waals surface area contributed by atoms with Gasteiger partial charge in [-0.05, 0) is 42.0 Å². The Labute approximate surface area is 179 Å². The number of carbonyl (C=O) groups excluding carboxylic acids is 1. The number of benzene rings is 2. The molecule has 0 bridgehead atoms. The topological polar surface area (TPSA) is 120 Å². The molecule has 2 aromatic carbocycles. The first-order valence-corrected chi connectivity index (χ1v) is 10.9. The second-order valence-corrected chi connectivity index (χ2v) is 8.38. The molecule has 0 saturated heterocycles. The molecule has 0 aliphatic rings. The molecule has 31 heavy (non-hydrogen) atoms. The Morgan fingerprint density at radius 1 is 0.935 bits per heavy atom. The SMILES string of the molecule is Cn1nc(-c2ccncc2)c(-c2ccc(S(N)(=O)=O)cc2)c1C(=O)Nc1ccccc1. The van der Waals surface area contributed by atoms with Gasteiger partial charge in [0.25, 0.3) is 5.91 Å². The van der Waals surface area contributed by atoms with Crippen LogP contribution in [0, 0.1) is 0 Å². The van der Waals surface area contributed by atoms with E-state index in [2.05, 4.69) is 15.4 Å². The molecule has 4 aromatic rings. The number of hydrogen-bond acceptors (Lipinski definition) is 5. The maximum atomic E-state index is 13.2. The molecule has 9 heteroatoms. The molecular weight excluding hydrogens is 414 g/mol. The van der Waals surface area contributed by atoms with E-state index in [-0.39, 0.29) is 10.8 Å². The first-order valence-electron chi connectivity index (χ1n) is 9.31. The van der Waals surface area contributed by atoms with Crippen LogP contribution in [0.3, 0.4) is 0 Å². The summed E-state index contributed by atoms with van der Waals surface area (Å²) >= 11 is 0. The molecule has 0 spiro atoms. The highest BCUT2D eigenvalue weighted by atomic mass is 32.2. The molecule has 0 atom stereocenters. The zero-order valence-corrected chi connectivity index (χ0v) is 17.4. The minimum atomic E-state index is -3.83. The summed E-state index contributed by atoms with van der Waals surface area (Å²) in [6, 6.07) is 18.7. The van der Waals surface area contributed by atoms with Crippen molar-refractivity contribution in [1.82, 2.24) is 14.8 Å². The normalized spacial score (nSPS) is 11.3. The van der Waals surface area contributed by atoms with Crippen LogP contribution < -0.4 is 10.5 Å². The molecule has 0 fully saturated rings. The molecular formula is C22H19N5O3S. The molecule has 0 aliphatic heterocycles. The van der Waals surface area contributed by atoms with Gasteiger partial charge in [-0.2, -0.15) is 5.10 Å². The summed E-state index contributed by atoms with van der Waals surface area (Å²) in [5.41, 5.74) is 3.53. The number of rotatable bonds is 5. The molecule has 0 saturated carbocycles. The number of aromatic nitrogens is 3. The summed E-state index contributed by atoms with van der Waals surface area (Å²) in [5.74, 6) is -0.341. The van der Waals surface area contributed by atoms with Gasteiger partial charge in [-0.3, -0.25) is 14.5 Å². The average molecular weight is 433 g/mol. The van der Waals surface area contributed by atoms with E-state index in [1.54, 1.807) is 55.8 Å². The Kier molecular flexibility index (Phi) is 5.37. The summed E-state index contributed by atoms with van der Waals surface area (Å²) < 4.78 is 24.8. The van der Waals surface area contributed by atoms with Gasteiger partial charge < -0.3 is 5.32 Å². The van der Waals surface area contributed by atoms with Crippen molar-refractivity contribution in [2.45, 2.75) is 4.90 Å². The lowest BCUT2D eigenvalue weighted by Crippen LogP contribution is -2.17. The number of nitrogens with two attached hydrogens (primary N) is 1. The Morgan fingerprint density at radius 3 is 2.19 bits per heavy atom. The van der Waals surface area contributed by atoms with Crippen molar-refractivity contribution >= 4 is 21.6 Å². The van der Waals surface area contributed by atoms with Crippen molar-refractivity contribution in [3.8, 4) is 22.4 Å². The van der Waals surface area contributed by atoms with Crippen molar-refractivity contribution in [2.24, 2.45) is 12.2 Å². The van der Waals surface area contributed by atoms with Gasteiger partial charge in [-0.1, -0.05) is 30.3 Å². The molecule has 2 heterocycles. The maximum Gasteiger partial charge on any atom is 0.274 e. The number of aryl methyl sites for hydroxylation is 1. The molecule has 0 radical (unpaired) electrons. The summed E-state index contributed by atoms with van der Waals surface area (Å²) in [5, 5.41) is 12.7. The lowest BCUT2D eigenvalue weighted by molar-refractivity contribution is 0.101. The number of amides is 1. The van der Waals surface area contributed by atoms with Gasteiger partial charge in [0.2, 0.25) is 10.0 Å². The molecule has 2 aromatic heterocycles. The molecule has 4 rings (SSSR count).